The van der Waals surface area contributed by atoms with Gasteiger partial charge in [0.25, 0.3) is 0 Å². The molecule has 0 spiro atoms. The van der Waals surface area contributed by atoms with Crippen molar-refractivity contribution in [3.8, 4) is 0 Å². The average Bonchev–Trinajstić information content (AvgIpc) is 2.30. The van der Waals surface area contributed by atoms with Crippen molar-refractivity contribution in [2.45, 2.75) is 25.8 Å². The Morgan fingerprint density at radius 2 is 2.17 bits per heavy atom. The molecule has 4 nitrogen and oxygen atoms in total. The molecule has 1 saturated heterocycles. The van der Waals surface area contributed by atoms with E-state index in [0.29, 0.717) is 23.3 Å². The Labute approximate surface area is 112 Å². The molecule has 0 bridgehead atoms. The minimum absolute atomic E-state index is 0.101. The van der Waals surface area contributed by atoms with Crippen molar-refractivity contribution in [3.05, 3.63) is 23.2 Å². The highest BCUT2D eigenvalue weighted by Gasteiger charge is 2.29. The summed E-state index contributed by atoms with van der Waals surface area (Å²) in [6.07, 6.45) is 1.79. The van der Waals surface area contributed by atoms with Crippen LogP contribution in [-0.2, 0) is 4.79 Å². The molecule has 1 aromatic carbocycles. The molecule has 0 radical (unpaired) electrons. The molecule has 98 valence electrons. The quantitative estimate of drug-likeness (QED) is 0.805. The number of amides is 1. The van der Waals surface area contributed by atoms with Gasteiger partial charge in [-0.3, -0.25) is 4.79 Å². The van der Waals surface area contributed by atoms with Crippen LogP contribution in [0.25, 0.3) is 0 Å². The predicted molar refractivity (Wildman–Crippen MR) is 74.6 cm³/mol. The molecule has 1 amide bonds. The standard InChI is InChI=1S/C13H18ClN3O/c1-8-2-3-9(13(16)18)7-17(8)12-5-4-10(14)6-11(12)15/h4-6,8-9H,2-3,7,15H2,1H3,(H2,16,18). The maximum atomic E-state index is 11.3. The summed E-state index contributed by atoms with van der Waals surface area (Å²) < 4.78 is 0. The Kier molecular flexibility index (Phi) is 3.66. The summed E-state index contributed by atoms with van der Waals surface area (Å²) in [5, 5.41) is 0.618. The number of primary amides is 1. The van der Waals surface area contributed by atoms with E-state index in [1.54, 1.807) is 6.07 Å². The van der Waals surface area contributed by atoms with Gasteiger partial charge >= 0.3 is 0 Å². The van der Waals surface area contributed by atoms with E-state index in [-0.39, 0.29) is 11.8 Å². The maximum Gasteiger partial charge on any atom is 0.222 e. The Hall–Kier alpha value is -1.42. The van der Waals surface area contributed by atoms with Crippen LogP contribution in [0.4, 0.5) is 11.4 Å². The second-order valence-electron chi connectivity index (χ2n) is 4.88. The van der Waals surface area contributed by atoms with Crippen LogP contribution < -0.4 is 16.4 Å². The monoisotopic (exact) mass is 267 g/mol. The summed E-state index contributed by atoms with van der Waals surface area (Å²) in [7, 11) is 0. The van der Waals surface area contributed by atoms with Gasteiger partial charge in [0.15, 0.2) is 0 Å². The molecule has 5 heteroatoms. The van der Waals surface area contributed by atoms with Crippen molar-refractivity contribution in [3.63, 3.8) is 0 Å². The van der Waals surface area contributed by atoms with E-state index >= 15 is 0 Å². The highest BCUT2D eigenvalue weighted by molar-refractivity contribution is 6.31. The van der Waals surface area contributed by atoms with Crippen LogP contribution >= 0.6 is 11.6 Å². The topological polar surface area (TPSA) is 72.4 Å². The molecule has 1 fully saturated rings. The van der Waals surface area contributed by atoms with Crippen LogP contribution in [0, 0.1) is 5.92 Å². The predicted octanol–water partition coefficient (Wildman–Crippen LogP) is 2.01. The van der Waals surface area contributed by atoms with Gasteiger partial charge < -0.3 is 16.4 Å². The second kappa shape index (κ2) is 5.06. The van der Waals surface area contributed by atoms with E-state index in [2.05, 4.69) is 11.8 Å². The lowest BCUT2D eigenvalue weighted by Gasteiger charge is -2.39. The summed E-state index contributed by atoms with van der Waals surface area (Å²) in [5.41, 5.74) is 13.0. The Morgan fingerprint density at radius 1 is 1.44 bits per heavy atom. The molecule has 1 aromatic rings. The van der Waals surface area contributed by atoms with Crippen molar-refractivity contribution >= 4 is 28.9 Å². The third-order valence-electron chi connectivity index (χ3n) is 3.58. The van der Waals surface area contributed by atoms with Gasteiger partial charge in [0.2, 0.25) is 5.91 Å². The van der Waals surface area contributed by atoms with Gasteiger partial charge in [0.05, 0.1) is 17.3 Å². The van der Waals surface area contributed by atoms with E-state index in [9.17, 15) is 4.79 Å². The van der Waals surface area contributed by atoms with Crippen LogP contribution in [-0.4, -0.2) is 18.5 Å². The third-order valence-corrected chi connectivity index (χ3v) is 3.82. The third kappa shape index (κ3) is 2.53. The fourth-order valence-corrected chi connectivity index (χ4v) is 2.64. The van der Waals surface area contributed by atoms with Gasteiger partial charge in [-0.05, 0) is 38.0 Å². The molecule has 0 saturated carbocycles. The average molecular weight is 268 g/mol. The van der Waals surface area contributed by atoms with E-state index < -0.39 is 0 Å². The number of nitrogens with zero attached hydrogens (tertiary/aromatic N) is 1. The van der Waals surface area contributed by atoms with Gasteiger partial charge in [-0.2, -0.15) is 0 Å². The molecule has 0 aliphatic carbocycles. The molecule has 2 rings (SSSR count). The van der Waals surface area contributed by atoms with Crippen molar-refractivity contribution in [2.75, 3.05) is 17.2 Å². The van der Waals surface area contributed by atoms with Crippen LogP contribution in [0.5, 0.6) is 0 Å². The number of benzene rings is 1. The first kappa shape index (κ1) is 13.0. The number of piperidine rings is 1. The van der Waals surface area contributed by atoms with Crippen LogP contribution in [0.1, 0.15) is 19.8 Å². The number of carbonyl (C=O) groups is 1. The number of rotatable bonds is 2. The Balaban J connectivity index is 2.26. The van der Waals surface area contributed by atoms with Crippen LogP contribution in [0.2, 0.25) is 5.02 Å². The first-order valence-electron chi connectivity index (χ1n) is 6.10. The maximum absolute atomic E-state index is 11.3. The highest BCUT2D eigenvalue weighted by atomic mass is 35.5. The van der Waals surface area contributed by atoms with Crippen LogP contribution in [0.3, 0.4) is 0 Å². The second-order valence-corrected chi connectivity index (χ2v) is 5.32. The van der Waals surface area contributed by atoms with Crippen molar-refractivity contribution in [1.82, 2.24) is 0 Å². The van der Waals surface area contributed by atoms with Gasteiger partial charge in [-0.15, -0.1) is 0 Å². The lowest BCUT2D eigenvalue weighted by Crippen LogP contribution is -2.46. The molecule has 1 aliphatic rings. The normalized spacial score (nSPS) is 24.0. The van der Waals surface area contributed by atoms with Gasteiger partial charge in [-0.1, -0.05) is 11.6 Å². The van der Waals surface area contributed by atoms with Gasteiger partial charge in [0.1, 0.15) is 0 Å². The summed E-state index contributed by atoms with van der Waals surface area (Å²) in [5.74, 6) is -0.337. The zero-order valence-corrected chi connectivity index (χ0v) is 11.2. The Bertz CT molecular complexity index is 464. The highest BCUT2D eigenvalue weighted by Crippen LogP contribution is 2.32. The zero-order valence-electron chi connectivity index (χ0n) is 10.4. The molecular formula is C13H18ClN3O. The molecule has 18 heavy (non-hydrogen) atoms. The number of halogens is 1. The van der Waals surface area contributed by atoms with E-state index in [4.69, 9.17) is 23.1 Å². The first-order chi connectivity index (χ1) is 8.49. The molecule has 2 unspecified atom stereocenters. The number of hydrogen-bond acceptors (Lipinski definition) is 3. The van der Waals surface area contributed by atoms with Gasteiger partial charge in [0, 0.05) is 17.6 Å². The van der Waals surface area contributed by atoms with E-state index in [1.807, 2.05) is 12.1 Å². The molecular weight excluding hydrogens is 250 g/mol. The number of hydrogen-bond donors (Lipinski definition) is 2. The Morgan fingerprint density at radius 3 is 2.78 bits per heavy atom. The molecule has 1 heterocycles. The zero-order chi connectivity index (χ0) is 13.3. The minimum atomic E-state index is -0.237. The van der Waals surface area contributed by atoms with Gasteiger partial charge in [-0.25, -0.2) is 0 Å². The first-order valence-corrected chi connectivity index (χ1v) is 6.48. The number of nitrogens with two attached hydrogens (primary N) is 2. The number of nitrogen functional groups attached to an aromatic ring is 1. The molecule has 0 aromatic heterocycles. The summed E-state index contributed by atoms with van der Waals surface area (Å²) in [6, 6.07) is 5.80. The van der Waals surface area contributed by atoms with E-state index in [0.717, 1.165) is 18.5 Å². The smallest absolute Gasteiger partial charge is 0.222 e. The fraction of sp³-hybridized carbons (Fsp3) is 0.462. The minimum Gasteiger partial charge on any atom is -0.397 e. The lowest BCUT2D eigenvalue weighted by molar-refractivity contribution is -0.122. The summed E-state index contributed by atoms with van der Waals surface area (Å²) in [6.45, 7) is 2.76. The lowest BCUT2D eigenvalue weighted by atomic mass is 9.92. The van der Waals surface area contributed by atoms with Crippen molar-refractivity contribution in [1.29, 1.82) is 0 Å². The van der Waals surface area contributed by atoms with Crippen molar-refractivity contribution in [2.24, 2.45) is 11.7 Å². The molecule has 1 aliphatic heterocycles. The molecule has 2 atom stereocenters. The summed E-state index contributed by atoms with van der Waals surface area (Å²) in [4.78, 5) is 13.5. The number of carbonyl (C=O) groups excluding carboxylic acids is 1. The largest absolute Gasteiger partial charge is 0.397 e. The summed E-state index contributed by atoms with van der Waals surface area (Å²) >= 11 is 5.90. The van der Waals surface area contributed by atoms with Crippen LogP contribution in [0.15, 0.2) is 18.2 Å². The molecule has 4 N–H and O–H groups in total. The fourth-order valence-electron chi connectivity index (χ4n) is 2.46. The number of anilines is 2. The SMILES string of the molecule is CC1CCC(C(N)=O)CN1c1ccc(Cl)cc1N. The van der Waals surface area contributed by atoms with Crippen molar-refractivity contribution < 1.29 is 4.79 Å². The van der Waals surface area contributed by atoms with E-state index in [1.165, 1.54) is 0 Å².